The lowest BCUT2D eigenvalue weighted by Crippen LogP contribution is -1.92. The van der Waals surface area contributed by atoms with Crippen molar-refractivity contribution in [3.05, 3.63) is 34.6 Å². The fourth-order valence-electron chi connectivity index (χ4n) is 0.859. The van der Waals surface area contributed by atoms with Crippen molar-refractivity contribution in [2.24, 2.45) is 5.16 Å². The Labute approximate surface area is 74.3 Å². The van der Waals surface area contributed by atoms with E-state index in [0.717, 1.165) is 0 Å². The highest BCUT2D eigenvalue weighted by Gasteiger charge is 2.04. The highest BCUT2D eigenvalue weighted by molar-refractivity contribution is 6.31. The maximum absolute atomic E-state index is 12.9. The van der Waals surface area contributed by atoms with Crippen LogP contribution in [0.5, 0.6) is 0 Å². The first kappa shape index (κ1) is 9.00. The lowest BCUT2D eigenvalue weighted by Gasteiger charge is -2.00. The molecule has 0 aliphatic heterocycles. The van der Waals surface area contributed by atoms with Crippen LogP contribution in [0.3, 0.4) is 0 Å². The number of rotatable bonds is 2. The molecule has 0 aliphatic rings. The molecule has 4 heteroatoms. The van der Waals surface area contributed by atoms with Crippen LogP contribution in [0.25, 0.3) is 0 Å². The minimum Gasteiger partial charge on any atom is -0.411 e. The second-order valence-corrected chi connectivity index (χ2v) is 2.61. The number of hydrogen-bond acceptors (Lipinski definition) is 2. The summed E-state index contributed by atoms with van der Waals surface area (Å²) < 4.78 is 12.9. The number of hydrogen-bond donors (Lipinski definition) is 1. The van der Waals surface area contributed by atoms with Crippen LogP contribution in [0.1, 0.15) is 5.56 Å². The molecule has 0 aliphatic carbocycles. The van der Waals surface area contributed by atoms with Gasteiger partial charge in [0, 0.05) is 23.2 Å². The molecule has 1 rings (SSSR count). The summed E-state index contributed by atoms with van der Waals surface area (Å²) >= 11 is 5.68. The molecular formula is C8H7ClFNO. The van der Waals surface area contributed by atoms with Gasteiger partial charge in [-0.2, -0.15) is 0 Å². The lowest BCUT2D eigenvalue weighted by molar-refractivity contribution is 0.320. The molecule has 0 saturated heterocycles. The maximum Gasteiger partial charge on any atom is 0.128 e. The maximum atomic E-state index is 12.9. The van der Waals surface area contributed by atoms with Gasteiger partial charge >= 0.3 is 0 Å². The summed E-state index contributed by atoms with van der Waals surface area (Å²) in [6, 6.07) is 4.43. The van der Waals surface area contributed by atoms with Crippen LogP contribution >= 0.6 is 11.6 Å². The number of nitrogens with zero attached hydrogens (tertiary/aromatic N) is 1. The topological polar surface area (TPSA) is 32.6 Å². The Morgan fingerprint density at radius 2 is 2.33 bits per heavy atom. The third-order valence-corrected chi connectivity index (χ3v) is 1.79. The van der Waals surface area contributed by atoms with Crippen LogP contribution in [-0.4, -0.2) is 11.4 Å². The van der Waals surface area contributed by atoms with Crippen molar-refractivity contribution in [2.45, 2.75) is 6.42 Å². The predicted molar refractivity (Wildman–Crippen MR) is 45.4 cm³/mol. The van der Waals surface area contributed by atoms with E-state index in [9.17, 15) is 4.39 Å². The summed E-state index contributed by atoms with van der Waals surface area (Å²) in [7, 11) is 0. The van der Waals surface area contributed by atoms with Crippen molar-refractivity contribution < 1.29 is 9.60 Å². The zero-order chi connectivity index (χ0) is 8.97. The molecule has 0 atom stereocenters. The molecule has 0 amide bonds. The monoisotopic (exact) mass is 187 g/mol. The molecule has 1 N–H and O–H groups in total. The van der Waals surface area contributed by atoms with Gasteiger partial charge in [0.05, 0.1) is 0 Å². The molecule has 1 aromatic carbocycles. The van der Waals surface area contributed by atoms with Crippen LogP contribution in [0.2, 0.25) is 5.02 Å². The van der Waals surface area contributed by atoms with Gasteiger partial charge in [0.2, 0.25) is 0 Å². The van der Waals surface area contributed by atoms with Gasteiger partial charge in [-0.3, -0.25) is 0 Å². The lowest BCUT2D eigenvalue weighted by atomic mass is 10.1. The first-order valence-electron chi connectivity index (χ1n) is 3.34. The van der Waals surface area contributed by atoms with E-state index in [-0.39, 0.29) is 12.2 Å². The molecule has 0 fully saturated rings. The molecule has 0 bridgehead atoms. The van der Waals surface area contributed by atoms with Crippen LogP contribution in [0.4, 0.5) is 4.39 Å². The van der Waals surface area contributed by atoms with E-state index in [0.29, 0.717) is 10.6 Å². The zero-order valence-corrected chi connectivity index (χ0v) is 6.92. The Balaban J connectivity index is 2.96. The number of halogens is 2. The normalized spacial score (nSPS) is 10.8. The Bertz CT molecular complexity index is 281. The largest absolute Gasteiger partial charge is 0.411 e. The molecule has 0 spiro atoms. The number of benzene rings is 1. The second-order valence-electron chi connectivity index (χ2n) is 2.20. The molecule has 0 heterocycles. The van der Waals surface area contributed by atoms with Crippen LogP contribution < -0.4 is 0 Å². The molecule has 0 aromatic heterocycles. The Hall–Kier alpha value is -1.09. The van der Waals surface area contributed by atoms with Crippen molar-refractivity contribution >= 4 is 17.8 Å². The SMILES string of the molecule is O/N=C/Cc1c(F)cccc1Cl. The third-order valence-electron chi connectivity index (χ3n) is 1.44. The minimum atomic E-state index is -0.387. The summed E-state index contributed by atoms with van der Waals surface area (Å²) in [6.07, 6.45) is 1.38. The van der Waals surface area contributed by atoms with Gasteiger partial charge in [-0.05, 0) is 12.1 Å². The minimum absolute atomic E-state index is 0.196. The van der Waals surface area contributed by atoms with E-state index in [1.807, 2.05) is 0 Å². The van der Waals surface area contributed by atoms with Gasteiger partial charge < -0.3 is 5.21 Å². The molecule has 0 saturated carbocycles. The fourth-order valence-corrected chi connectivity index (χ4v) is 1.10. The number of oxime groups is 1. The van der Waals surface area contributed by atoms with Gasteiger partial charge in [0.15, 0.2) is 0 Å². The summed E-state index contributed by atoms with van der Waals surface area (Å²) in [5, 5.41) is 11.2. The van der Waals surface area contributed by atoms with Crippen LogP contribution in [0.15, 0.2) is 23.4 Å². The van der Waals surface area contributed by atoms with E-state index in [1.165, 1.54) is 18.3 Å². The predicted octanol–water partition coefficient (Wildman–Crippen LogP) is 2.48. The molecular weight excluding hydrogens is 181 g/mol. The fraction of sp³-hybridized carbons (Fsp3) is 0.125. The zero-order valence-electron chi connectivity index (χ0n) is 6.17. The van der Waals surface area contributed by atoms with Crippen LogP contribution in [0, 0.1) is 5.82 Å². The average molecular weight is 188 g/mol. The van der Waals surface area contributed by atoms with Gasteiger partial charge in [0.1, 0.15) is 5.82 Å². The summed E-state index contributed by atoms with van der Waals surface area (Å²) in [5.41, 5.74) is 0.344. The molecule has 12 heavy (non-hydrogen) atoms. The van der Waals surface area contributed by atoms with E-state index < -0.39 is 0 Å². The third kappa shape index (κ3) is 1.95. The molecule has 1 aromatic rings. The smallest absolute Gasteiger partial charge is 0.128 e. The highest BCUT2D eigenvalue weighted by atomic mass is 35.5. The van der Waals surface area contributed by atoms with Gasteiger partial charge in [0.25, 0.3) is 0 Å². The molecule has 2 nitrogen and oxygen atoms in total. The van der Waals surface area contributed by atoms with E-state index >= 15 is 0 Å². The van der Waals surface area contributed by atoms with Gasteiger partial charge in [-0.25, -0.2) is 4.39 Å². The Morgan fingerprint density at radius 1 is 1.58 bits per heavy atom. The van der Waals surface area contributed by atoms with Crippen molar-refractivity contribution in [2.75, 3.05) is 0 Å². The van der Waals surface area contributed by atoms with E-state index in [2.05, 4.69) is 5.16 Å². The van der Waals surface area contributed by atoms with Crippen molar-refractivity contribution in [1.82, 2.24) is 0 Å². The van der Waals surface area contributed by atoms with Crippen molar-refractivity contribution in [1.29, 1.82) is 0 Å². The Morgan fingerprint density at radius 3 is 2.92 bits per heavy atom. The van der Waals surface area contributed by atoms with Crippen LogP contribution in [-0.2, 0) is 6.42 Å². The standard InChI is InChI=1S/C8H7ClFNO/c9-7-2-1-3-8(10)6(7)4-5-11-12/h1-3,5,12H,4H2/b11-5+. The molecule has 64 valence electrons. The first-order chi connectivity index (χ1) is 5.75. The molecule has 0 unspecified atom stereocenters. The summed E-state index contributed by atoms with van der Waals surface area (Å²) in [5.74, 6) is -0.387. The van der Waals surface area contributed by atoms with E-state index in [4.69, 9.17) is 16.8 Å². The van der Waals surface area contributed by atoms with Crippen molar-refractivity contribution in [3.63, 3.8) is 0 Å². The van der Waals surface area contributed by atoms with Gasteiger partial charge in [-0.1, -0.05) is 17.7 Å². The molecule has 0 radical (unpaired) electrons. The highest BCUT2D eigenvalue weighted by Crippen LogP contribution is 2.18. The quantitative estimate of drug-likeness (QED) is 0.431. The second kappa shape index (κ2) is 4.07. The van der Waals surface area contributed by atoms with Crippen molar-refractivity contribution in [3.8, 4) is 0 Å². The first-order valence-corrected chi connectivity index (χ1v) is 3.72. The average Bonchev–Trinajstić information content (AvgIpc) is 2.04. The van der Waals surface area contributed by atoms with Gasteiger partial charge in [-0.15, -0.1) is 5.16 Å². The summed E-state index contributed by atoms with van der Waals surface area (Å²) in [4.78, 5) is 0. The summed E-state index contributed by atoms with van der Waals surface area (Å²) in [6.45, 7) is 0. The van der Waals surface area contributed by atoms with E-state index in [1.54, 1.807) is 6.07 Å². The Kier molecular flexibility index (Phi) is 3.05.